The molecular formula is C21H24N2O4S. The summed E-state index contributed by atoms with van der Waals surface area (Å²) in [6, 6.07) is 12.1. The van der Waals surface area contributed by atoms with Crippen molar-refractivity contribution in [1.82, 2.24) is 4.31 Å². The Balaban J connectivity index is 1.63. The lowest BCUT2D eigenvalue weighted by Crippen LogP contribution is -2.40. The molecule has 0 atom stereocenters. The molecule has 3 rings (SSSR count). The third-order valence-corrected chi connectivity index (χ3v) is 6.65. The van der Waals surface area contributed by atoms with Gasteiger partial charge in [-0.25, -0.2) is 8.42 Å². The van der Waals surface area contributed by atoms with Gasteiger partial charge < -0.3 is 10.1 Å². The zero-order chi connectivity index (χ0) is 20.1. The fourth-order valence-corrected chi connectivity index (χ4v) is 4.27. The lowest BCUT2D eigenvalue weighted by atomic mass is 10.0. The topological polar surface area (TPSA) is 75.7 Å². The van der Waals surface area contributed by atoms with Crippen molar-refractivity contribution in [3.8, 4) is 0 Å². The van der Waals surface area contributed by atoms with Crippen molar-refractivity contribution < 1.29 is 17.9 Å². The zero-order valence-corrected chi connectivity index (χ0v) is 16.8. The molecule has 1 aliphatic heterocycles. The van der Waals surface area contributed by atoms with Crippen molar-refractivity contribution in [2.45, 2.75) is 18.7 Å². The van der Waals surface area contributed by atoms with Crippen LogP contribution < -0.4 is 5.32 Å². The largest absolute Gasteiger partial charge is 0.379 e. The van der Waals surface area contributed by atoms with E-state index < -0.39 is 10.0 Å². The van der Waals surface area contributed by atoms with Crippen LogP contribution >= 0.6 is 0 Å². The Morgan fingerprint density at radius 3 is 2.36 bits per heavy atom. The van der Waals surface area contributed by atoms with Crippen molar-refractivity contribution in [3.05, 3.63) is 71.4 Å². The molecule has 0 radical (unpaired) electrons. The fraction of sp³-hybridized carbons (Fsp3) is 0.286. The van der Waals surface area contributed by atoms with Crippen LogP contribution in [0.25, 0.3) is 0 Å². The van der Waals surface area contributed by atoms with Crippen LogP contribution in [0.2, 0.25) is 0 Å². The molecule has 1 heterocycles. The number of carbonyl (C=O) groups is 1. The predicted octanol–water partition coefficient (Wildman–Crippen LogP) is 3.13. The minimum Gasteiger partial charge on any atom is -0.379 e. The number of morpholine rings is 1. The normalized spacial score (nSPS) is 15.6. The first-order valence-corrected chi connectivity index (χ1v) is 10.5. The molecule has 0 saturated carbocycles. The Kier molecular flexibility index (Phi) is 6.28. The molecule has 28 heavy (non-hydrogen) atoms. The van der Waals surface area contributed by atoms with Gasteiger partial charge in [-0.3, -0.25) is 4.79 Å². The summed E-state index contributed by atoms with van der Waals surface area (Å²) in [6.07, 6.45) is 3.02. The predicted molar refractivity (Wildman–Crippen MR) is 109 cm³/mol. The molecule has 148 valence electrons. The van der Waals surface area contributed by atoms with E-state index in [1.165, 1.54) is 10.4 Å². The molecule has 2 aromatic carbocycles. The van der Waals surface area contributed by atoms with Gasteiger partial charge in [-0.05, 0) is 55.3 Å². The van der Waals surface area contributed by atoms with Gasteiger partial charge in [0.15, 0.2) is 5.78 Å². The molecule has 0 aromatic heterocycles. The Labute approximate surface area is 165 Å². The molecule has 1 aliphatic rings. The average Bonchev–Trinajstić information content (AvgIpc) is 2.71. The van der Waals surface area contributed by atoms with Gasteiger partial charge in [-0.15, -0.1) is 0 Å². The number of benzene rings is 2. The summed E-state index contributed by atoms with van der Waals surface area (Å²) in [7, 11) is -3.50. The number of rotatable bonds is 6. The van der Waals surface area contributed by atoms with E-state index in [0.717, 1.165) is 11.1 Å². The van der Waals surface area contributed by atoms with Gasteiger partial charge >= 0.3 is 0 Å². The van der Waals surface area contributed by atoms with Crippen molar-refractivity contribution in [2.24, 2.45) is 0 Å². The summed E-state index contributed by atoms with van der Waals surface area (Å²) in [5.41, 5.74) is 3.55. The summed E-state index contributed by atoms with van der Waals surface area (Å²) in [5, 5.41) is 3.00. The molecular weight excluding hydrogens is 376 g/mol. The van der Waals surface area contributed by atoms with E-state index in [-0.39, 0.29) is 10.7 Å². The fourth-order valence-electron chi connectivity index (χ4n) is 2.86. The van der Waals surface area contributed by atoms with Gasteiger partial charge in [-0.1, -0.05) is 12.1 Å². The molecule has 0 aliphatic carbocycles. The Morgan fingerprint density at radius 2 is 1.71 bits per heavy atom. The number of nitrogens with zero attached hydrogens (tertiary/aromatic N) is 1. The number of aryl methyl sites for hydroxylation is 2. The van der Waals surface area contributed by atoms with Crippen LogP contribution in [0.1, 0.15) is 21.5 Å². The zero-order valence-electron chi connectivity index (χ0n) is 16.0. The molecule has 1 saturated heterocycles. The summed E-state index contributed by atoms with van der Waals surface area (Å²) in [5.74, 6) is -0.0953. The van der Waals surface area contributed by atoms with Crippen molar-refractivity contribution in [2.75, 3.05) is 31.6 Å². The molecule has 0 bridgehead atoms. The van der Waals surface area contributed by atoms with E-state index >= 15 is 0 Å². The van der Waals surface area contributed by atoms with E-state index in [0.29, 0.717) is 37.6 Å². The summed E-state index contributed by atoms with van der Waals surface area (Å²) in [6.45, 7) is 5.54. The van der Waals surface area contributed by atoms with Gasteiger partial charge in [0.2, 0.25) is 10.0 Å². The summed E-state index contributed by atoms with van der Waals surface area (Å²) in [4.78, 5) is 12.5. The number of hydrogen-bond acceptors (Lipinski definition) is 5. The summed E-state index contributed by atoms with van der Waals surface area (Å²) >= 11 is 0. The van der Waals surface area contributed by atoms with Crippen LogP contribution in [0.3, 0.4) is 0 Å². The number of carbonyl (C=O) groups excluding carboxylic acids is 1. The van der Waals surface area contributed by atoms with Crippen LogP contribution in [-0.4, -0.2) is 44.8 Å². The van der Waals surface area contributed by atoms with Gasteiger partial charge in [0, 0.05) is 36.6 Å². The third-order valence-electron chi connectivity index (χ3n) is 4.74. The second-order valence-electron chi connectivity index (χ2n) is 6.68. The second-order valence-corrected chi connectivity index (χ2v) is 8.62. The smallest absolute Gasteiger partial charge is 0.243 e. The number of anilines is 1. The highest BCUT2D eigenvalue weighted by Gasteiger charge is 2.25. The molecule has 0 spiro atoms. The van der Waals surface area contributed by atoms with Gasteiger partial charge in [0.1, 0.15) is 0 Å². The molecule has 7 heteroatoms. The van der Waals surface area contributed by atoms with Crippen molar-refractivity contribution in [3.63, 3.8) is 0 Å². The standard InChI is InChI=1S/C21H24N2O4S/c1-16-3-4-18(15-17(16)2)21(24)9-10-22-19-5-7-20(8-6-19)28(25,26)23-11-13-27-14-12-23/h3-10,15,22H,11-14H2,1-2H3. The maximum absolute atomic E-state index is 12.6. The Morgan fingerprint density at radius 1 is 1.04 bits per heavy atom. The minimum atomic E-state index is -3.50. The second kappa shape index (κ2) is 8.68. The quantitative estimate of drug-likeness (QED) is 0.596. The minimum absolute atomic E-state index is 0.0953. The highest BCUT2D eigenvalue weighted by Crippen LogP contribution is 2.19. The van der Waals surface area contributed by atoms with Gasteiger partial charge in [0.05, 0.1) is 18.1 Å². The van der Waals surface area contributed by atoms with Gasteiger partial charge in [-0.2, -0.15) is 4.31 Å². The first-order valence-electron chi connectivity index (χ1n) is 9.10. The molecule has 2 aromatic rings. The maximum atomic E-state index is 12.6. The molecule has 0 amide bonds. The number of allylic oxidation sites excluding steroid dienone is 1. The van der Waals surface area contributed by atoms with E-state index in [1.54, 1.807) is 36.5 Å². The highest BCUT2D eigenvalue weighted by atomic mass is 32.2. The lowest BCUT2D eigenvalue weighted by Gasteiger charge is -2.26. The number of nitrogens with one attached hydrogen (secondary N) is 1. The first-order chi connectivity index (χ1) is 13.4. The summed E-state index contributed by atoms with van der Waals surface area (Å²) < 4.78 is 31.8. The molecule has 1 N–H and O–H groups in total. The molecule has 0 unspecified atom stereocenters. The van der Waals surface area contributed by atoms with E-state index in [2.05, 4.69) is 5.32 Å². The first kappa shape index (κ1) is 20.3. The van der Waals surface area contributed by atoms with Crippen LogP contribution in [0.5, 0.6) is 0 Å². The lowest BCUT2D eigenvalue weighted by molar-refractivity contribution is 0.0730. The third kappa shape index (κ3) is 4.67. The monoisotopic (exact) mass is 400 g/mol. The Hall–Kier alpha value is -2.48. The highest BCUT2D eigenvalue weighted by molar-refractivity contribution is 7.89. The van der Waals surface area contributed by atoms with Crippen LogP contribution in [0.15, 0.2) is 59.6 Å². The van der Waals surface area contributed by atoms with Crippen molar-refractivity contribution >= 4 is 21.5 Å². The maximum Gasteiger partial charge on any atom is 0.243 e. The van der Waals surface area contributed by atoms with Crippen LogP contribution in [0.4, 0.5) is 5.69 Å². The number of ketones is 1. The van der Waals surface area contributed by atoms with E-state index in [4.69, 9.17) is 4.74 Å². The van der Waals surface area contributed by atoms with Crippen LogP contribution in [-0.2, 0) is 14.8 Å². The number of hydrogen-bond donors (Lipinski definition) is 1. The average molecular weight is 401 g/mol. The SMILES string of the molecule is Cc1ccc(C(=O)C=CNc2ccc(S(=O)(=O)N3CCOCC3)cc2)cc1C. The number of ether oxygens (including phenoxy) is 1. The van der Waals surface area contributed by atoms with Gasteiger partial charge in [0.25, 0.3) is 0 Å². The molecule has 6 nitrogen and oxygen atoms in total. The Bertz CT molecular complexity index is 976. The van der Waals surface area contributed by atoms with E-state index in [1.807, 2.05) is 26.0 Å². The molecule has 1 fully saturated rings. The van der Waals surface area contributed by atoms with Crippen LogP contribution in [0, 0.1) is 13.8 Å². The van der Waals surface area contributed by atoms with Crippen molar-refractivity contribution in [1.29, 1.82) is 0 Å². The van der Waals surface area contributed by atoms with E-state index in [9.17, 15) is 13.2 Å². The number of sulfonamides is 1.